The van der Waals surface area contributed by atoms with Crippen molar-refractivity contribution in [3.8, 4) is 0 Å². The number of rotatable bonds is 0. The number of fused-ring (bicyclic) bond motifs is 1. The molecule has 0 saturated heterocycles. The third-order valence-corrected chi connectivity index (χ3v) is 3.05. The molecule has 0 aromatic heterocycles. The molecule has 0 aromatic rings. The standard InChI is InChI=1S/C9H11ClO2/c1-5-8-6(10)3-2-4-7(8)12-9(5)11/h6-7H,2-4H2,1H3/t6-,7-/m0/s1. The number of carbonyl (C=O) groups excluding carboxylic acids is 1. The lowest BCUT2D eigenvalue weighted by Gasteiger charge is -2.23. The lowest BCUT2D eigenvalue weighted by atomic mass is 9.90. The Morgan fingerprint density at radius 3 is 2.92 bits per heavy atom. The summed E-state index contributed by atoms with van der Waals surface area (Å²) < 4.78 is 5.15. The maximum Gasteiger partial charge on any atom is 0.334 e. The fraction of sp³-hybridized carbons (Fsp3) is 0.667. The van der Waals surface area contributed by atoms with Gasteiger partial charge in [-0.05, 0) is 31.8 Å². The van der Waals surface area contributed by atoms with Crippen LogP contribution in [0.2, 0.25) is 0 Å². The molecule has 1 saturated carbocycles. The fourth-order valence-electron chi connectivity index (χ4n) is 1.93. The van der Waals surface area contributed by atoms with E-state index in [-0.39, 0.29) is 17.5 Å². The second-order valence-corrected chi connectivity index (χ2v) is 3.90. The van der Waals surface area contributed by atoms with Gasteiger partial charge in [0.15, 0.2) is 0 Å². The first kappa shape index (κ1) is 8.11. The zero-order valence-electron chi connectivity index (χ0n) is 6.97. The first-order valence-corrected chi connectivity index (χ1v) is 4.69. The van der Waals surface area contributed by atoms with E-state index in [0.29, 0.717) is 0 Å². The second kappa shape index (κ2) is 2.77. The summed E-state index contributed by atoms with van der Waals surface area (Å²) in [6.45, 7) is 1.80. The number of hydrogen-bond donors (Lipinski definition) is 0. The summed E-state index contributed by atoms with van der Waals surface area (Å²) in [5.74, 6) is -0.178. The van der Waals surface area contributed by atoms with E-state index in [0.717, 1.165) is 30.4 Å². The van der Waals surface area contributed by atoms with Crippen LogP contribution in [0.25, 0.3) is 0 Å². The highest BCUT2D eigenvalue weighted by Crippen LogP contribution is 2.37. The monoisotopic (exact) mass is 186 g/mol. The van der Waals surface area contributed by atoms with Gasteiger partial charge in [0, 0.05) is 5.57 Å². The summed E-state index contributed by atoms with van der Waals surface area (Å²) >= 11 is 6.09. The highest BCUT2D eigenvalue weighted by molar-refractivity contribution is 6.23. The van der Waals surface area contributed by atoms with Crippen LogP contribution < -0.4 is 0 Å². The van der Waals surface area contributed by atoms with Gasteiger partial charge in [0.25, 0.3) is 0 Å². The van der Waals surface area contributed by atoms with Gasteiger partial charge in [-0.15, -0.1) is 11.6 Å². The van der Waals surface area contributed by atoms with Crippen molar-refractivity contribution in [3.63, 3.8) is 0 Å². The minimum atomic E-state index is -0.178. The van der Waals surface area contributed by atoms with Gasteiger partial charge >= 0.3 is 5.97 Å². The molecule has 2 atom stereocenters. The highest BCUT2D eigenvalue weighted by atomic mass is 35.5. The molecule has 66 valence electrons. The Kier molecular flexibility index (Phi) is 1.87. The van der Waals surface area contributed by atoms with Crippen LogP contribution in [0.5, 0.6) is 0 Å². The highest BCUT2D eigenvalue weighted by Gasteiger charge is 2.37. The van der Waals surface area contributed by atoms with Gasteiger partial charge in [-0.1, -0.05) is 0 Å². The Bertz CT molecular complexity index is 257. The zero-order valence-corrected chi connectivity index (χ0v) is 7.73. The molecule has 1 heterocycles. The SMILES string of the molecule is CC1=C2[C@H](CCC[C@@H]2Cl)OC1=O. The molecule has 0 unspecified atom stereocenters. The number of hydrogen-bond acceptors (Lipinski definition) is 2. The van der Waals surface area contributed by atoms with E-state index in [1.54, 1.807) is 6.92 Å². The Hall–Kier alpha value is -0.500. The smallest absolute Gasteiger partial charge is 0.334 e. The number of alkyl halides is 1. The van der Waals surface area contributed by atoms with Crippen LogP contribution in [0.3, 0.4) is 0 Å². The van der Waals surface area contributed by atoms with Gasteiger partial charge in [0.1, 0.15) is 6.10 Å². The summed E-state index contributed by atoms with van der Waals surface area (Å²) in [4.78, 5) is 11.1. The maximum absolute atomic E-state index is 11.1. The Balaban J connectivity index is 2.34. The molecule has 0 aromatic carbocycles. The van der Waals surface area contributed by atoms with Crippen molar-refractivity contribution in [2.75, 3.05) is 0 Å². The minimum Gasteiger partial charge on any atom is -0.454 e. The number of carbonyl (C=O) groups is 1. The number of esters is 1. The van der Waals surface area contributed by atoms with Crippen molar-refractivity contribution >= 4 is 17.6 Å². The average Bonchev–Trinajstić information content (AvgIpc) is 2.29. The second-order valence-electron chi connectivity index (χ2n) is 3.37. The van der Waals surface area contributed by atoms with E-state index in [1.807, 2.05) is 0 Å². The maximum atomic E-state index is 11.1. The summed E-state index contributed by atoms with van der Waals surface area (Å²) in [5.41, 5.74) is 1.77. The third kappa shape index (κ3) is 1.06. The molecule has 2 aliphatic rings. The van der Waals surface area contributed by atoms with E-state index in [4.69, 9.17) is 16.3 Å². The van der Waals surface area contributed by atoms with E-state index < -0.39 is 0 Å². The third-order valence-electron chi connectivity index (χ3n) is 2.60. The van der Waals surface area contributed by atoms with Crippen LogP contribution >= 0.6 is 11.6 Å². The zero-order chi connectivity index (χ0) is 8.72. The normalized spacial score (nSPS) is 35.0. The van der Waals surface area contributed by atoms with Crippen LogP contribution in [-0.4, -0.2) is 17.5 Å². The first-order valence-electron chi connectivity index (χ1n) is 4.26. The van der Waals surface area contributed by atoms with E-state index in [2.05, 4.69) is 0 Å². The molecule has 1 aliphatic heterocycles. The van der Waals surface area contributed by atoms with Crippen LogP contribution in [0, 0.1) is 0 Å². The lowest BCUT2D eigenvalue weighted by Crippen LogP contribution is -2.22. The van der Waals surface area contributed by atoms with Crippen LogP contribution in [0.1, 0.15) is 26.2 Å². The van der Waals surface area contributed by atoms with Crippen LogP contribution in [0.4, 0.5) is 0 Å². The Morgan fingerprint density at radius 1 is 1.50 bits per heavy atom. The van der Waals surface area contributed by atoms with E-state index >= 15 is 0 Å². The molecular formula is C9H11ClO2. The predicted molar refractivity (Wildman–Crippen MR) is 46.1 cm³/mol. The summed E-state index contributed by atoms with van der Waals surface area (Å²) in [5, 5.41) is 0.0233. The first-order chi connectivity index (χ1) is 5.70. The molecular weight excluding hydrogens is 176 g/mol. The van der Waals surface area contributed by atoms with Gasteiger partial charge in [-0.3, -0.25) is 0 Å². The van der Waals surface area contributed by atoms with Crippen LogP contribution in [-0.2, 0) is 9.53 Å². The minimum absolute atomic E-state index is 0.00579. The molecule has 0 N–H and O–H groups in total. The van der Waals surface area contributed by atoms with Crippen molar-refractivity contribution in [1.82, 2.24) is 0 Å². The number of ether oxygens (including phenoxy) is 1. The fourth-order valence-corrected chi connectivity index (χ4v) is 2.39. The molecule has 3 heteroatoms. The molecule has 1 fully saturated rings. The van der Waals surface area contributed by atoms with Crippen molar-refractivity contribution in [2.24, 2.45) is 0 Å². The molecule has 0 bridgehead atoms. The quantitative estimate of drug-likeness (QED) is 0.428. The van der Waals surface area contributed by atoms with Gasteiger partial charge < -0.3 is 4.74 Å². The largest absolute Gasteiger partial charge is 0.454 e. The molecule has 2 nitrogen and oxygen atoms in total. The van der Waals surface area contributed by atoms with E-state index in [1.165, 1.54) is 0 Å². The van der Waals surface area contributed by atoms with Crippen molar-refractivity contribution in [2.45, 2.75) is 37.7 Å². The molecule has 1 aliphatic carbocycles. The van der Waals surface area contributed by atoms with Gasteiger partial charge in [0.2, 0.25) is 0 Å². The van der Waals surface area contributed by atoms with Crippen molar-refractivity contribution in [3.05, 3.63) is 11.1 Å². The predicted octanol–water partition coefficient (Wildman–Crippen LogP) is 2.02. The number of halogens is 1. The van der Waals surface area contributed by atoms with Gasteiger partial charge in [-0.25, -0.2) is 4.79 Å². The molecule has 2 rings (SSSR count). The van der Waals surface area contributed by atoms with Crippen molar-refractivity contribution < 1.29 is 9.53 Å². The lowest BCUT2D eigenvalue weighted by molar-refractivity contribution is -0.140. The van der Waals surface area contributed by atoms with Crippen LogP contribution in [0.15, 0.2) is 11.1 Å². The van der Waals surface area contributed by atoms with Gasteiger partial charge in [0.05, 0.1) is 5.38 Å². The summed E-state index contributed by atoms with van der Waals surface area (Å²) in [6.07, 6.45) is 2.97. The summed E-state index contributed by atoms with van der Waals surface area (Å²) in [7, 11) is 0. The topological polar surface area (TPSA) is 26.3 Å². The van der Waals surface area contributed by atoms with Crippen molar-refractivity contribution in [1.29, 1.82) is 0 Å². The average molecular weight is 187 g/mol. The summed E-state index contributed by atoms with van der Waals surface area (Å²) in [6, 6.07) is 0. The van der Waals surface area contributed by atoms with E-state index in [9.17, 15) is 4.79 Å². The Labute approximate surface area is 76.5 Å². The molecule has 0 radical (unpaired) electrons. The molecule has 12 heavy (non-hydrogen) atoms. The Morgan fingerprint density at radius 2 is 2.25 bits per heavy atom. The molecule has 0 spiro atoms. The van der Waals surface area contributed by atoms with Gasteiger partial charge in [-0.2, -0.15) is 0 Å². The molecule has 0 amide bonds.